The minimum absolute atomic E-state index is 0.000357. The second-order valence-electron chi connectivity index (χ2n) is 6.00. The van der Waals surface area contributed by atoms with Gasteiger partial charge in [0.05, 0.1) is 0 Å². The van der Waals surface area contributed by atoms with Gasteiger partial charge in [0.15, 0.2) is 0 Å². The largest absolute Gasteiger partial charge is 0.461 e. The van der Waals surface area contributed by atoms with Gasteiger partial charge in [0.2, 0.25) is 5.91 Å². The van der Waals surface area contributed by atoms with E-state index in [0.717, 1.165) is 28.3 Å². The molecule has 0 atom stereocenters. The minimum atomic E-state index is -0.000357. The molecule has 0 fully saturated rings. The van der Waals surface area contributed by atoms with Crippen molar-refractivity contribution in [2.45, 2.75) is 26.7 Å². The molecule has 24 heavy (non-hydrogen) atoms. The molecule has 3 nitrogen and oxygen atoms in total. The number of aryl methyl sites for hydroxylation is 3. The van der Waals surface area contributed by atoms with Crippen molar-refractivity contribution in [3.05, 3.63) is 77.6 Å². The van der Waals surface area contributed by atoms with E-state index in [1.54, 1.807) is 0 Å². The van der Waals surface area contributed by atoms with Crippen LogP contribution >= 0.6 is 0 Å². The van der Waals surface area contributed by atoms with Crippen molar-refractivity contribution in [1.29, 1.82) is 0 Å². The van der Waals surface area contributed by atoms with Crippen molar-refractivity contribution in [1.82, 2.24) is 0 Å². The highest BCUT2D eigenvalue weighted by molar-refractivity contribution is 5.91. The summed E-state index contributed by atoms with van der Waals surface area (Å²) in [6.45, 7) is 4.04. The fraction of sp³-hybridized carbons (Fsp3) is 0.190. The second-order valence-corrected chi connectivity index (χ2v) is 6.00. The van der Waals surface area contributed by atoms with E-state index in [1.807, 2.05) is 68.4 Å². The van der Waals surface area contributed by atoms with E-state index in [9.17, 15) is 4.79 Å². The highest BCUT2D eigenvalue weighted by atomic mass is 16.3. The highest BCUT2D eigenvalue weighted by Gasteiger charge is 2.09. The first kappa shape index (κ1) is 16.1. The van der Waals surface area contributed by atoms with Crippen LogP contribution in [0.3, 0.4) is 0 Å². The Bertz CT molecular complexity index is 834. The fourth-order valence-corrected chi connectivity index (χ4v) is 2.67. The Labute approximate surface area is 142 Å². The van der Waals surface area contributed by atoms with Crippen molar-refractivity contribution in [3.63, 3.8) is 0 Å². The maximum Gasteiger partial charge on any atom is 0.224 e. The summed E-state index contributed by atoms with van der Waals surface area (Å²) >= 11 is 0. The number of carbonyl (C=O) groups is 1. The van der Waals surface area contributed by atoms with Crippen LogP contribution in [0.5, 0.6) is 0 Å². The van der Waals surface area contributed by atoms with E-state index in [-0.39, 0.29) is 5.91 Å². The fourth-order valence-electron chi connectivity index (χ4n) is 2.67. The number of nitrogens with one attached hydrogen (secondary N) is 1. The Hall–Kier alpha value is -2.81. The topological polar surface area (TPSA) is 42.2 Å². The van der Waals surface area contributed by atoms with Crippen molar-refractivity contribution >= 4 is 11.6 Å². The summed E-state index contributed by atoms with van der Waals surface area (Å²) in [6.07, 6.45) is 0.985. The van der Waals surface area contributed by atoms with Crippen LogP contribution in [0.2, 0.25) is 0 Å². The molecule has 0 unspecified atom stereocenters. The lowest BCUT2D eigenvalue weighted by Crippen LogP contribution is -2.13. The molecule has 2 aromatic carbocycles. The maximum absolute atomic E-state index is 12.1. The van der Waals surface area contributed by atoms with E-state index in [1.165, 1.54) is 5.56 Å². The first-order valence-corrected chi connectivity index (χ1v) is 8.13. The predicted molar refractivity (Wildman–Crippen MR) is 97.0 cm³/mol. The molecule has 0 saturated heterocycles. The quantitative estimate of drug-likeness (QED) is 0.708. The summed E-state index contributed by atoms with van der Waals surface area (Å²) in [7, 11) is 0. The Kier molecular flexibility index (Phi) is 4.80. The van der Waals surface area contributed by atoms with Crippen LogP contribution in [-0.2, 0) is 11.2 Å². The molecule has 3 rings (SSSR count). The van der Waals surface area contributed by atoms with Crippen LogP contribution < -0.4 is 5.32 Å². The summed E-state index contributed by atoms with van der Waals surface area (Å²) in [4.78, 5) is 12.1. The van der Waals surface area contributed by atoms with E-state index >= 15 is 0 Å². The highest BCUT2D eigenvalue weighted by Crippen LogP contribution is 2.22. The third-order valence-electron chi connectivity index (χ3n) is 3.97. The van der Waals surface area contributed by atoms with Crippen LogP contribution in [0.25, 0.3) is 11.3 Å². The normalized spacial score (nSPS) is 10.6. The molecular formula is C21H21NO2. The number of amides is 1. The van der Waals surface area contributed by atoms with E-state index in [2.05, 4.69) is 11.4 Å². The molecule has 1 heterocycles. The zero-order valence-corrected chi connectivity index (χ0v) is 14.0. The van der Waals surface area contributed by atoms with Gasteiger partial charge in [-0.05, 0) is 37.6 Å². The molecule has 3 heteroatoms. The molecule has 0 aliphatic rings. The van der Waals surface area contributed by atoms with Crippen molar-refractivity contribution in [2.24, 2.45) is 0 Å². The average molecular weight is 319 g/mol. The molecule has 1 N–H and O–H groups in total. The van der Waals surface area contributed by atoms with Gasteiger partial charge in [0, 0.05) is 24.1 Å². The molecule has 0 saturated carbocycles. The van der Waals surface area contributed by atoms with Gasteiger partial charge in [-0.15, -0.1) is 0 Å². The predicted octanol–water partition coefficient (Wildman–Crippen LogP) is 5.13. The van der Waals surface area contributed by atoms with Gasteiger partial charge >= 0.3 is 0 Å². The van der Waals surface area contributed by atoms with E-state index < -0.39 is 0 Å². The van der Waals surface area contributed by atoms with Crippen LogP contribution in [-0.4, -0.2) is 5.91 Å². The summed E-state index contributed by atoms with van der Waals surface area (Å²) in [5.41, 5.74) is 4.18. The van der Waals surface area contributed by atoms with Gasteiger partial charge in [-0.25, -0.2) is 0 Å². The summed E-state index contributed by atoms with van der Waals surface area (Å²) < 4.78 is 5.83. The van der Waals surface area contributed by atoms with Gasteiger partial charge in [0.1, 0.15) is 11.5 Å². The van der Waals surface area contributed by atoms with Crippen LogP contribution in [0.4, 0.5) is 5.69 Å². The van der Waals surface area contributed by atoms with Gasteiger partial charge in [0.25, 0.3) is 0 Å². The standard InChI is InChI=1S/C21H21NO2/c1-15-8-11-19(16(2)14-15)22-21(23)13-10-18-9-12-20(24-18)17-6-4-3-5-7-17/h3-9,11-12,14H,10,13H2,1-2H3,(H,22,23). The molecular weight excluding hydrogens is 298 g/mol. The van der Waals surface area contributed by atoms with Crippen molar-refractivity contribution < 1.29 is 9.21 Å². The monoisotopic (exact) mass is 319 g/mol. The van der Waals surface area contributed by atoms with Gasteiger partial charge < -0.3 is 9.73 Å². The molecule has 122 valence electrons. The summed E-state index contributed by atoms with van der Waals surface area (Å²) in [6, 6.07) is 19.9. The number of hydrogen-bond donors (Lipinski definition) is 1. The molecule has 1 aromatic heterocycles. The summed E-state index contributed by atoms with van der Waals surface area (Å²) in [5.74, 6) is 1.66. The van der Waals surface area contributed by atoms with Gasteiger partial charge in [-0.1, -0.05) is 48.0 Å². The maximum atomic E-state index is 12.1. The Morgan fingerprint density at radius 3 is 2.54 bits per heavy atom. The molecule has 0 radical (unpaired) electrons. The number of furan rings is 1. The van der Waals surface area contributed by atoms with Crippen molar-refractivity contribution in [2.75, 3.05) is 5.32 Å². The molecule has 0 aliphatic carbocycles. The Morgan fingerprint density at radius 1 is 1.00 bits per heavy atom. The van der Waals surface area contributed by atoms with E-state index in [4.69, 9.17) is 4.42 Å². The van der Waals surface area contributed by atoms with Crippen LogP contribution in [0.1, 0.15) is 23.3 Å². The number of rotatable bonds is 5. The summed E-state index contributed by atoms with van der Waals surface area (Å²) in [5, 5.41) is 2.97. The number of anilines is 1. The minimum Gasteiger partial charge on any atom is -0.461 e. The molecule has 1 amide bonds. The molecule has 0 aliphatic heterocycles. The number of benzene rings is 2. The average Bonchev–Trinajstić information content (AvgIpc) is 3.05. The third-order valence-corrected chi connectivity index (χ3v) is 3.97. The second kappa shape index (κ2) is 7.18. The molecule has 0 spiro atoms. The van der Waals surface area contributed by atoms with Gasteiger partial charge in [-0.2, -0.15) is 0 Å². The SMILES string of the molecule is Cc1ccc(NC(=O)CCc2ccc(-c3ccccc3)o2)c(C)c1. The first-order valence-electron chi connectivity index (χ1n) is 8.13. The lowest BCUT2D eigenvalue weighted by Gasteiger charge is -2.08. The third kappa shape index (κ3) is 3.93. The first-order chi connectivity index (χ1) is 11.6. The van der Waals surface area contributed by atoms with Crippen molar-refractivity contribution in [3.8, 4) is 11.3 Å². The zero-order chi connectivity index (χ0) is 16.9. The Morgan fingerprint density at radius 2 is 1.79 bits per heavy atom. The zero-order valence-electron chi connectivity index (χ0n) is 14.0. The van der Waals surface area contributed by atoms with Crippen LogP contribution in [0, 0.1) is 13.8 Å². The van der Waals surface area contributed by atoms with E-state index in [0.29, 0.717) is 12.8 Å². The smallest absolute Gasteiger partial charge is 0.224 e. The number of hydrogen-bond acceptors (Lipinski definition) is 2. The van der Waals surface area contributed by atoms with Gasteiger partial charge in [-0.3, -0.25) is 4.79 Å². The lowest BCUT2D eigenvalue weighted by molar-refractivity contribution is -0.116. The molecule has 0 bridgehead atoms. The van der Waals surface area contributed by atoms with Crippen LogP contribution in [0.15, 0.2) is 65.1 Å². The Balaban J connectivity index is 1.58. The molecule has 3 aromatic rings. The lowest BCUT2D eigenvalue weighted by atomic mass is 10.1. The number of carbonyl (C=O) groups excluding carboxylic acids is 1.